The number of rotatable bonds is 6. The fourth-order valence-corrected chi connectivity index (χ4v) is 1.98. The third-order valence-electron chi connectivity index (χ3n) is 3.03. The van der Waals surface area contributed by atoms with Gasteiger partial charge in [0, 0.05) is 38.0 Å². The lowest BCUT2D eigenvalue weighted by atomic mass is 10.2. The Balaban J connectivity index is 2.25. The fraction of sp³-hybridized carbons (Fsp3) is 0.333. The highest BCUT2D eigenvalue weighted by Gasteiger charge is 2.05. The summed E-state index contributed by atoms with van der Waals surface area (Å²) in [7, 11) is 4.03. The minimum absolute atomic E-state index is 0.611. The number of anilines is 4. The molecular formula is C15H22N6. The lowest BCUT2D eigenvalue weighted by Crippen LogP contribution is -2.11. The van der Waals surface area contributed by atoms with Crippen molar-refractivity contribution in [2.45, 2.75) is 19.8 Å². The topological polar surface area (TPSA) is 79.1 Å². The first-order chi connectivity index (χ1) is 10.1. The summed E-state index contributed by atoms with van der Waals surface area (Å²) >= 11 is 0. The maximum atomic E-state index is 5.47. The first-order valence-electron chi connectivity index (χ1n) is 7.01. The standard InChI is InChI=1S/C15H22N6/c1-4-6-13-18-14(10-15(19-13)20-16)17-11-7-5-8-12(9-11)21(2)3/h5,7-10H,4,6,16H2,1-3H3,(H2,17,18,19,20). The van der Waals surface area contributed by atoms with Gasteiger partial charge in [-0.15, -0.1) is 0 Å². The first-order valence-corrected chi connectivity index (χ1v) is 7.01. The normalized spacial score (nSPS) is 10.3. The van der Waals surface area contributed by atoms with Crippen LogP contribution in [0.5, 0.6) is 0 Å². The summed E-state index contributed by atoms with van der Waals surface area (Å²) in [5.41, 5.74) is 4.68. The molecule has 0 spiro atoms. The van der Waals surface area contributed by atoms with Gasteiger partial charge in [0.2, 0.25) is 0 Å². The summed E-state index contributed by atoms with van der Waals surface area (Å²) in [4.78, 5) is 10.9. The fourth-order valence-electron chi connectivity index (χ4n) is 1.98. The molecule has 0 unspecified atom stereocenters. The van der Waals surface area contributed by atoms with Crippen LogP contribution < -0.4 is 21.5 Å². The van der Waals surface area contributed by atoms with E-state index in [1.807, 2.05) is 26.2 Å². The van der Waals surface area contributed by atoms with Gasteiger partial charge in [0.1, 0.15) is 17.5 Å². The van der Waals surface area contributed by atoms with Gasteiger partial charge in [0.15, 0.2) is 0 Å². The average Bonchev–Trinajstić information content (AvgIpc) is 2.47. The number of nitrogens with zero attached hydrogens (tertiary/aromatic N) is 3. The van der Waals surface area contributed by atoms with Crippen molar-refractivity contribution in [3.63, 3.8) is 0 Å². The van der Waals surface area contributed by atoms with E-state index >= 15 is 0 Å². The number of benzene rings is 1. The Morgan fingerprint density at radius 1 is 1.14 bits per heavy atom. The van der Waals surface area contributed by atoms with E-state index in [-0.39, 0.29) is 0 Å². The zero-order chi connectivity index (χ0) is 15.2. The molecule has 0 aliphatic heterocycles. The van der Waals surface area contributed by atoms with Crippen LogP contribution in [0.2, 0.25) is 0 Å². The molecule has 0 atom stereocenters. The molecule has 0 aliphatic rings. The van der Waals surface area contributed by atoms with Crippen LogP contribution in [0.25, 0.3) is 0 Å². The molecule has 0 amide bonds. The highest BCUT2D eigenvalue weighted by molar-refractivity contribution is 5.64. The maximum Gasteiger partial charge on any atom is 0.145 e. The lowest BCUT2D eigenvalue weighted by molar-refractivity contribution is 0.837. The molecule has 6 heteroatoms. The zero-order valence-corrected chi connectivity index (χ0v) is 12.7. The molecule has 0 saturated heterocycles. The third kappa shape index (κ3) is 4.06. The van der Waals surface area contributed by atoms with Crippen LogP contribution >= 0.6 is 0 Å². The smallest absolute Gasteiger partial charge is 0.145 e. The van der Waals surface area contributed by atoms with Gasteiger partial charge in [-0.1, -0.05) is 13.0 Å². The SMILES string of the molecule is CCCc1nc(NN)cc(Nc2cccc(N(C)C)c2)n1. The van der Waals surface area contributed by atoms with Crippen molar-refractivity contribution in [1.82, 2.24) is 9.97 Å². The summed E-state index contributed by atoms with van der Waals surface area (Å²) in [5.74, 6) is 7.59. The number of nitrogen functional groups attached to an aromatic ring is 1. The Kier molecular flexibility index (Phi) is 4.94. The highest BCUT2D eigenvalue weighted by Crippen LogP contribution is 2.21. The van der Waals surface area contributed by atoms with Crippen LogP contribution in [0.3, 0.4) is 0 Å². The van der Waals surface area contributed by atoms with E-state index in [2.05, 4.69) is 44.7 Å². The van der Waals surface area contributed by atoms with Crippen molar-refractivity contribution < 1.29 is 0 Å². The predicted octanol–water partition coefficient (Wildman–Crippen LogP) is 2.52. The van der Waals surface area contributed by atoms with E-state index in [1.165, 1.54) is 0 Å². The van der Waals surface area contributed by atoms with Gasteiger partial charge < -0.3 is 15.6 Å². The summed E-state index contributed by atoms with van der Waals surface area (Å²) in [5, 5.41) is 3.30. The van der Waals surface area contributed by atoms with Gasteiger partial charge in [-0.3, -0.25) is 0 Å². The highest BCUT2D eigenvalue weighted by atomic mass is 15.3. The van der Waals surface area contributed by atoms with Crippen molar-refractivity contribution in [3.8, 4) is 0 Å². The van der Waals surface area contributed by atoms with Crippen molar-refractivity contribution in [1.29, 1.82) is 0 Å². The second kappa shape index (κ2) is 6.90. The number of hydrogen-bond donors (Lipinski definition) is 3. The molecule has 112 valence electrons. The average molecular weight is 286 g/mol. The van der Waals surface area contributed by atoms with Crippen LogP contribution in [0, 0.1) is 0 Å². The van der Waals surface area contributed by atoms with E-state index in [1.54, 1.807) is 6.07 Å². The molecule has 0 fully saturated rings. The summed E-state index contributed by atoms with van der Waals surface area (Å²) in [6.45, 7) is 2.10. The van der Waals surface area contributed by atoms with E-state index in [4.69, 9.17) is 5.84 Å². The van der Waals surface area contributed by atoms with Crippen LogP contribution in [-0.4, -0.2) is 24.1 Å². The molecule has 1 heterocycles. The van der Waals surface area contributed by atoms with Crippen LogP contribution in [-0.2, 0) is 6.42 Å². The number of nitrogens with one attached hydrogen (secondary N) is 2. The van der Waals surface area contributed by atoms with Crippen molar-refractivity contribution in [3.05, 3.63) is 36.2 Å². The minimum atomic E-state index is 0.611. The Hall–Kier alpha value is -2.34. The predicted molar refractivity (Wildman–Crippen MR) is 87.9 cm³/mol. The van der Waals surface area contributed by atoms with E-state index < -0.39 is 0 Å². The first kappa shape index (κ1) is 15.1. The zero-order valence-electron chi connectivity index (χ0n) is 12.7. The molecule has 0 radical (unpaired) electrons. The van der Waals surface area contributed by atoms with Crippen molar-refractivity contribution in [2.24, 2.45) is 5.84 Å². The van der Waals surface area contributed by atoms with Gasteiger partial charge in [-0.2, -0.15) is 0 Å². The van der Waals surface area contributed by atoms with Crippen LogP contribution in [0.4, 0.5) is 23.0 Å². The maximum absolute atomic E-state index is 5.47. The third-order valence-corrected chi connectivity index (χ3v) is 3.03. The number of nitrogens with two attached hydrogens (primary N) is 1. The van der Waals surface area contributed by atoms with Crippen LogP contribution in [0.1, 0.15) is 19.2 Å². The molecule has 0 bridgehead atoms. The molecule has 2 aromatic rings. The van der Waals surface area contributed by atoms with Crippen LogP contribution in [0.15, 0.2) is 30.3 Å². The number of aryl methyl sites for hydroxylation is 1. The number of hydrazine groups is 1. The van der Waals surface area contributed by atoms with Crippen molar-refractivity contribution in [2.75, 3.05) is 29.7 Å². The molecular weight excluding hydrogens is 264 g/mol. The van der Waals surface area contributed by atoms with Gasteiger partial charge in [-0.05, 0) is 24.6 Å². The molecule has 6 nitrogen and oxygen atoms in total. The van der Waals surface area contributed by atoms with Crippen molar-refractivity contribution >= 4 is 23.0 Å². The monoisotopic (exact) mass is 286 g/mol. The Bertz CT molecular complexity index is 596. The van der Waals surface area contributed by atoms with Gasteiger partial charge in [0.05, 0.1) is 0 Å². The summed E-state index contributed by atoms with van der Waals surface area (Å²) in [6.07, 6.45) is 1.81. The second-order valence-corrected chi connectivity index (χ2v) is 5.02. The Morgan fingerprint density at radius 2 is 1.90 bits per heavy atom. The van der Waals surface area contributed by atoms with E-state index in [9.17, 15) is 0 Å². The van der Waals surface area contributed by atoms with Gasteiger partial charge >= 0.3 is 0 Å². The van der Waals surface area contributed by atoms with E-state index in [0.29, 0.717) is 5.82 Å². The van der Waals surface area contributed by atoms with Gasteiger partial charge in [0.25, 0.3) is 0 Å². The summed E-state index contributed by atoms with van der Waals surface area (Å²) in [6, 6.07) is 9.93. The second-order valence-electron chi connectivity index (χ2n) is 5.02. The molecule has 4 N–H and O–H groups in total. The van der Waals surface area contributed by atoms with E-state index in [0.717, 1.165) is 35.9 Å². The molecule has 1 aromatic carbocycles. The summed E-state index contributed by atoms with van der Waals surface area (Å²) < 4.78 is 0. The largest absolute Gasteiger partial charge is 0.378 e. The lowest BCUT2D eigenvalue weighted by Gasteiger charge is -2.14. The minimum Gasteiger partial charge on any atom is -0.378 e. The molecule has 0 aliphatic carbocycles. The number of aromatic nitrogens is 2. The molecule has 0 saturated carbocycles. The quantitative estimate of drug-likeness (QED) is 0.559. The Morgan fingerprint density at radius 3 is 2.57 bits per heavy atom. The Labute approximate surface area is 125 Å². The molecule has 2 rings (SSSR count). The number of hydrogen-bond acceptors (Lipinski definition) is 6. The van der Waals surface area contributed by atoms with Gasteiger partial charge in [-0.25, -0.2) is 15.8 Å². The molecule has 1 aromatic heterocycles. The molecule has 21 heavy (non-hydrogen) atoms.